The molecule has 0 saturated carbocycles. The van der Waals surface area contributed by atoms with Gasteiger partial charge in [0.15, 0.2) is 0 Å². The molecule has 7 nitrogen and oxygen atoms in total. The van der Waals surface area contributed by atoms with Crippen LogP contribution in [0.5, 0.6) is 5.75 Å². The first-order chi connectivity index (χ1) is 10.1. The summed E-state index contributed by atoms with van der Waals surface area (Å²) in [6.45, 7) is 0.135. The number of rotatable bonds is 5. The minimum Gasteiger partial charge on any atom is -0.462 e. The van der Waals surface area contributed by atoms with Crippen LogP contribution in [-0.4, -0.2) is 61.7 Å². The fourth-order valence-electron chi connectivity index (χ4n) is 2.23. The van der Waals surface area contributed by atoms with Gasteiger partial charge in [-0.05, 0) is 24.3 Å². The number of hydrogen-bond donors (Lipinski definition) is 3. The molecule has 0 aromatic heterocycles. The molecule has 0 spiro atoms. The average Bonchev–Trinajstić information content (AvgIpc) is 2.47. The molecule has 21 heavy (non-hydrogen) atoms. The molecule has 5 atom stereocenters. The van der Waals surface area contributed by atoms with Gasteiger partial charge in [-0.2, -0.15) is 0 Å². The Bertz CT molecular complexity index is 438. The second kappa shape index (κ2) is 7.06. The second-order valence-electron chi connectivity index (χ2n) is 4.87. The summed E-state index contributed by atoms with van der Waals surface area (Å²) in [4.78, 5) is 0. The number of nitrogens with two attached hydrogens (primary N) is 1. The van der Waals surface area contributed by atoms with Crippen molar-refractivity contribution < 1.29 is 29.2 Å². The standard InChI is InChI=1S/C14H21NO6/c1-18-7-10-11(16)12(17)13(19-2)14(21-10)20-9-5-3-8(15)4-6-9/h3-6,10-14,16-17H,7,15H2,1-2H3/t10-,11+,12+,13-,14-/m1/s1. The van der Waals surface area contributed by atoms with E-state index in [1.165, 1.54) is 14.2 Å². The Morgan fingerprint density at radius 2 is 1.81 bits per heavy atom. The van der Waals surface area contributed by atoms with Crippen molar-refractivity contribution in [3.8, 4) is 5.75 Å². The molecule has 0 unspecified atom stereocenters. The lowest BCUT2D eigenvalue weighted by Gasteiger charge is -2.41. The van der Waals surface area contributed by atoms with Gasteiger partial charge < -0.3 is 34.9 Å². The maximum Gasteiger partial charge on any atom is 0.229 e. The maximum atomic E-state index is 10.1. The highest BCUT2D eigenvalue weighted by molar-refractivity contribution is 5.41. The van der Waals surface area contributed by atoms with Gasteiger partial charge in [0, 0.05) is 19.9 Å². The van der Waals surface area contributed by atoms with Crippen molar-refractivity contribution in [3.05, 3.63) is 24.3 Å². The first kappa shape index (κ1) is 16.0. The number of aliphatic hydroxyl groups is 2. The molecule has 1 aliphatic heterocycles. The minimum atomic E-state index is -1.14. The van der Waals surface area contributed by atoms with E-state index in [9.17, 15) is 10.2 Å². The molecule has 0 amide bonds. The number of anilines is 1. The molecule has 0 aliphatic carbocycles. The highest BCUT2D eigenvalue weighted by Gasteiger charge is 2.46. The third kappa shape index (κ3) is 3.63. The second-order valence-corrected chi connectivity index (χ2v) is 4.87. The van der Waals surface area contributed by atoms with Crippen LogP contribution in [0.2, 0.25) is 0 Å². The van der Waals surface area contributed by atoms with E-state index < -0.39 is 30.7 Å². The summed E-state index contributed by atoms with van der Waals surface area (Å²) < 4.78 is 21.5. The first-order valence-corrected chi connectivity index (χ1v) is 6.62. The van der Waals surface area contributed by atoms with E-state index in [2.05, 4.69) is 0 Å². The van der Waals surface area contributed by atoms with E-state index in [-0.39, 0.29) is 6.61 Å². The highest BCUT2D eigenvalue weighted by atomic mass is 16.7. The van der Waals surface area contributed by atoms with Gasteiger partial charge in [0.2, 0.25) is 6.29 Å². The van der Waals surface area contributed by atoms with Crippen LogP contribution in [0.25, 0.3) is 0 Å². The van der Waals surface area contributed by atoms with Gasteiger partial charge in [-0.25, -0.2) is 0 Å². The molecule has 1 aromatic rings. The number of benzene rings is 1. The van der Waals surface area contributed by atoms with Crippen LogP contribution in [-0.2, 0) is 14.2 Å². The van der Waals surface area contributed by atoms with E-state index in [4.69, 9.17) is 24.7 Å². The van der Waals surface area contributed by atoms with Gasteiger partial charge in [0.1, 0.15) is 30.2 Å². The highest BCUT2D eigenvalue weighted by Crippen LogP contribution is 2.26. The lowest BCUT2D eigenvalue weighted by molar-refractivity contribution is -0.284. The third-order valence-corrected chi connectivity index (χ3v) is 3.38. The summed E-state index contributed by atoms with van der Waals surface area (Å²) in [5.41, 5.74) is 6.23. The van der Waals surface area contributed by atoms with Crippen LogP contribution >= 0.6 is 0 Å². The van der Waals surface area contributed by atoms with Gasteiger partial charge in [-0.3, -0.25) is 0 Å². The number of ether oxygens (including phenoxy) is 4. The van der Waals surface area contributed by atoms with Crippen LogP contribution in [0, 0.1) is 0 Å². The smallest absolute Gasteiger partial charge is 0.229 e. The fraction of sp³-hybridized carbons (Fsp3) is 0.571. The number of methoxy groups -OCH3 is 2. The van der Waals surface area contributed by atoms with Crippen molar-refractivity contribution in [2.45, 2.75) is 30.7 Å². The maximum absolute atomic E-state index is 10.1. The van der Waals surface area contributed by atoms with Gasteiger partial charge in [0.05, 0.1) is 6.61 Å². The summed E-state index contributed by atoms with van der Waals surface area (Å²) >= 11 is 0. The van der Waals surface area contributed by atoms with Gasteiger partial charge >= 0.3 is 0 Å². The molecule has 0 radical (unpaired) electrons. The Kier molecular flexibility index (Phi) is 5.38. The van der Waals surface area contributed by atoms with E-state index in [0.29, 0.717) is 11.4 Å². The predicted molar refractivity (Wildman–Crippen MR) is 74.8 cm³/mol. The Morgan fingerprint density at radius 1 is 1.14 bits per heavy atom. The lowest BCUT2D eigenvalue weighted by Crippen LogP contribution is -2.60. The van der Waals surface area contributed by atoms with E-state index in [0.717, 1.165) is 0 Å². The van der Waals surface area contributed by atoms with Crippen LogP contribution in [0.3, 0.4) is 0 Å². The minimum absolute atomic E-state index is 0.135. The predicted octanol–water partition coefficient (Wildman–Crippen LogP) is -0.244. The zero-order chi connectivity index (χ0) is 15.4. The summed E-state index contributed by atoms with van der Waals surface area (Å²) in [5, 5.41) is 20.1. The Balaban J connectivity index is 2.12. The van der Waals surface area contributed by atoms with Crippen molar-refractivity contribution in [1.29, 1.82) is 0 Å². The van der Waals surface area contributed by atoms with Crippen LogP contribution < -0.4 is 10.5 Å². The van der Waals surface area contributed by atoms with Crippen molar-refractivity contribution in [2.24, 2.45) is 0 Å². The van der Waals surface area contributed by atoms with E-state index in [1.807, 2.05) is 0 Å². The average molecular weight is 299 g/mol. The first-order valence-electron chi connectivity index (χ1n) is 6.62. The third-order valence-electron chi connectivity index (χ3n) is 3.38. The van der Waals surface area contributed by atoms with Gasteiger partial charge in [0.25, 0.3) is 0 Å². The summed E-state index contributed by atoms with van der Waals surface area (Å²) in [5.74, 6) is 0.524. The normalized spacial score (nSPS) is 32.9. The van der Waals surface area contributed by atoms with Crippen LogP contribution in [0.15, 0.2) is 24.3 Å². The quantitative estimate of drug-likeness (QED) is 0.644. The molecule has 1 heterocycles. The van der Waals surface area contributed by atoms with Crippen molar-refractivity contribution in [2.75, 3.05) is 26.6 Å². The molecule has 1 aliphatic rings. The van der Waals surface area contributed by atoms with E-state index in [1.54, 1.807) is 24.3 Å². The van der Waals surface area contributed by atoms with Crippen molar-refractivity contribution in [3.63, 3.8) is 0 Å². The SMILES string of the molecule is COC[C@H]1O[C@@H](Oc2ccc(N)cc2)[C@H](OC)[C@@H](O)[C@H]1O. The molecular weight excluding hydrogens is 278 g/mol. The zero-order valence-corrected chi connectivity index (χ0v) is 12.0. The topological polar surface area (TPSA) is 103 Å². The summed E-state index contributed by atoms with van der Waals surface area (Å²) in [6.07, 6.45) is -4.62. The lowest BCUT2D eigenvalue weighted by atomic mass is 9.99. The van der Waals surface area contributed by atoms with Gasteiger partial charge in [-0.1, -0.05) is 0 Å². The van der Waals surface area contributed by atoms with Crippen LogP contribution in [0.1, 0.15) is 0 Å². The molecule has 7 heteroatoms. The summed E-state index contributed by atoms with van der Waals surface area (Å²) in [7, 11) is 2.90. The molecule has 1 fully saturated rings. The molecule has 1 saturated heterocycles. The summed E-state index contributed by atoms with van der Waals surface area (Å²) in [6, 6.07) is 6.76. The molecule has 1 aromatic carbocycles. The monoisotopic (exact) mass is 299 g/mol. The van der Waals surface area contributed by atoms with Crippen molar-refractivity contribution >= 4 is 5.69 Å². The van der Waals surface area contributed by atoms with Crippen LogP contribution in [0.4, 0.5) is 5.69 Å². The Labute approximate surface area is 123 Å². The molecule has 118 valence electrons. The number of nitrogen functional groups attached to an aromatic ring is 1. The molecule has 4 N–H and O–H groups in total. The fourth-order valence-corrected chi connectivity index (χ4v) is 2.23. The van der Waals surface area contributed by atoms with Crippen molar-refractivity contribution in [1.82, 2.24) is 0 Å². The molecule has 0 bridgehead atoms. The number of aliphatic hydroxyl groups excluding tert-OH is 2. The van der Waals surface area contributed by atoms with Gasteiger partial charge in [-0.15, -0.1) is 0 Å². The zero-order valence-electron chi connectivity index (χ0n) is 12.0. The molecule has 2 rings (SSSR count). The Morgan fingerprint density at radius 3 is 2.38 bits per heavy atom. The largest absolute Gasteiger partial charge is 0.462 e. The number of hydrogen-bond acceptors (Lipinski definition) is 7. The molecular formula is C14H21NO6. The van der Waals surface area contributed by atoms with E-state index >= 15 is 0 Å². The Hall–Kier alpha value is -1.38.